The van der Waals surface area contributed by atoms with Gasteiger partial charge in [0.1, 0.15) is 13.6 Å². The molecule has 0 bridgehead atoms. The van der Waals surface area contributed by atoms with E-state index in [9.17, 15) is 5.11 Å². The number of aromatic hydroxyl groups is 1. The van der Waals surface area contributed by atoms with Crippen LogP contribution < -0.4 is 10.8 Å². The van der Waals surface area contributed by atoms with E-state index in [0.29, 0.717) is 5.46 Å². The van der Waals surface area contributed by atoms with Crippen LogP contribution in [0.1, 0.15) is 57.2 Å². The van der Waals surface area contributed by atoms with Crippen LogP contribution in [0, 0.1) is 6.92 Å². The molecule has 2 aromatic rings. The number of aryl methyl sites for hydroxylation is 1. The van der Waals surface area contributed by atoms with Crippen LogP contribution in [0.25, 0.3) is 0 Å². The molecule has 1 aliphatic carbocycles. The number of fused-ring (bicyclic) bond motifs is 1. The van der Waals surface area contributed by atoms with Crippen LogP contribution in [0.2, 0.25) is 0 Å². The average molecular weight is 319 g/mol. The van der Waals surface area contributed by atoms with E-state index < -0.39 is 0 Å². The van der Waals surface area contributed by atoms with Gasteiger partial charge < -0.3 is 10.4 Å². The molecule has 2 radical (unpaired) electrons. The van der Waals surface area contributed by atoms with Gasteiger partial charge in [-0.1, -0.05) is 45.3 Å². The fourth-order valence-corrected chi connectivity index (χ4v) is 3.65. The van der Waals surface area contributed by atoms with Crippen LogP contribution in [0.3, 0.4) is 0 Å². The van der Waals surface area contributed by atoms with Gasteiger partial charge in [-0.2, -0.15) is 0 Å². The normalized spacial score (nSPS) is 18.0. The second-order valence-electron chi connectivity index (χ2n) is 8.38. The number of nitrogens with one attached hydrogen (secondary N) is 1. The van der Waals surface area contributed by atoms with Crippen molar-refractivity contribution in [3.8, 4) is 5.75 Å². The molecule has 2 aromatic carbocycles. The fourth-order valence-electron chi connectivity index (χ4n) is 3.65. The summed E-state index contributed by atoms with van der Waals surface area (Å²) in [4.78, 5) is 0. The maximum absolute atomic E-state index is 9.73. The molecule has 24 heavy (non-hydrogen) atoms. The summed E-state index contributed by atoms with van der Waals surface area (Å²) in [5.41, 5.74) is 6.85. The number of hydrogen-bond donors (Lipinski definition) is 2. The second kappa shape index (κ2) is 5.58. The van der Waals surface area contributed by atoms with Crippen molar-refractivity contribution < 1.29 is 5.11 Å². The summed E-state index contributed by atoms with van der Waals surface area (Å²) >= 11 is 0. The van der Waals surface area contributed by atoms with Crippen LogP contribution in [0.15, 0.2) is 30.3 Å². The van der Waals surface area contributed by atoms with Crippen molar-refractivity contribution in [3.05, 3.63) is 47.0 Å². The van der Waals surface area contributed by atoms with E-state index >= 15 is 0 Å². The molecule has 1 aliphatic rings. The molecule has 0 unspecified atom stereocenters. The van der Waals surface area contributed by atoms with Crippen LogP contribution in [-0.2, 0) is 10.8 Å². The number of benzene rings is 2. The lowest BCUT2D eigenvalue weighted by Gasteiger charge is -2.42. The van der Waals surface area contributed by atoms with Gasteiger partial charge in [-0.05, 0) is 59.4 Å². The highest BCUT2D eigenvalue weighted by molar-refractivity contribution is 6.36. The predicted octanol–water partition coefficient (Wildman–Crippen LogP) is 4.59. The summed E-state index contributed by atoms with van der Waals surface area (Å²) in [6, 6.07) is 9.58. The average Bonchev–Trinajstić information content (AvgIpc) is 2.49. The van der Waals surface area contributed by atoms with Crippen LogP contribution in [0.5, 0.6) is 5.75 Å². The fraction of sp³-hybridized carbons (Fsp3) is 0.429. The summed E-state index contributed by atoms with van der Waals surface area (Å²) in [6.07, 6.45) is 2.39. The minimum atomic E-state index is 0.166. The molecule has 0 fully saturated rings. The standard InChI is InChI=1S/C21H26BNO/c1-13-10-15-16(21(4,5)9-8-20(15,2)3)12-18(13)23-19-11-14(24)6-7-17(19)22/h6-7,10-12,23-24H,8-9H2,1-5H3. The lowest BCUT2D eigenvalue weighted by atomic mass is 9.63. The number of anilines is 2. The zero-order valence-electron chi connectivity index (χ0n) is 15.3. The first kappa shape index (κ1) is 16.9. The van der Waals surface area contributed by atoms with Crippen molar-refractivity contribution in [2.45, 2.75) is 58.3 Å². The lowest BCUT2D eigenvalue weighted by molar-refractivity contribution is 0.332. The summed E-state index contributed by atoms with van der Waals surface area (Å²) in [5.74, 6) is 0.212. The zero-order valence-corrected chi connectivity index (χ0v) is 15.3. The maximum atomic E-state index is 9.73. The van der Waals surface area contributed by atoms with E-state index in [4.69, 9.17) is 7.85 Å². The highest BCUT2D eigenvalue weighted by atomic mass is 16.3. The Morgan fingerprint density at radius 2 is 1.50 bits per heavy atom. The summed E-state index contributed by atoms with van der Waals surface area (Å²) in [5, 5.41) is 13.1. The molecule has 0 spiro atoms. The summed E-state index contributed by atoms with van der Waals surface area (Å²) in [7, 11) is 6.05. The summed E-state index contributed by atoms with van der Waals surface area (Å²) < 4.78 is 0. The highest BCUT2D eigenvalue weighted by Gasteiger charge is 2.37. The largest absolute Gasteiger partial charge is 0.508 e. The van der Waals surface area contributed by atoms with Crippen LogP contribution in [-0.4, -0.2) is 13.0 Å². The molecule has 2 nitrogen and oxygen atoms in total. The Morgan fingerprint density at radius 3 is 2.12 bits per heavy atom. The Bertz CT molecular complexity index is 793. The second-order valence-corrected chi connectivity index (χ2v) is 8.38. The molecule has 0 aliphatic heterocycles. The van der Waals surface area contributed by atoms with Gasteiger partial charge in [0, 0.05) is 17.4 Å². The minimum Gasteiger partial charge on any atom is -0.508 e. The minimum absolute atomic E-state index is 0.166. The first-order valence-corrected chi connectivity index (χ1v) is 8.61. The summed E-state index contributed by atoms with van der Waals surface area (Å²) in [6.45, 7) is 11.4. The third-order valence-corrected chi connectivity index (χ3v) is 5.50. The molecule has 0 saturated heterocycles. The van der Waals surface area contributed by atoms with Gasteiger partial charge >= 0.3 is 0 Å². The number of phenolic OH excluding ortho intramolecular Hbond substituents is 1. The third-order valence-electron chi connectivity index (χ3n) is 5.50. The Kier molecular flexibility index (Phi) is 3.94. The van der Waals surface area contributed by atoms with Gasteiger partial charge in [-0.25, -0.2) is 0 Å². The van der Waals surface area contributed by atoms with E-state index in [1.807, 2.05) is 0 Å². The molecule has 2 N–H and O–H groups in total. The molecule has 3 rings (SSSR count). The predicted molar refractivity (Wildman–Crippen MR) is 103 cm³/mol. The molecular weight excluding hydrogens is 293 g/mol. The Hall–Kier alpha value is -1.90. The van der Waals surface area contributed by atoms with Gasteiger partial charge in [0.15, 0.2) is 0 Å². The third kappa shape index (κ3) is 2.92. The Balaban J connectivity index is 2.09. The van der Waals surface area contributed by atoms with Gasteiger partial charge in [-0.3, -0.25) is 0 Å². The Morgan fingerprint density at radius 1 is 0.917 bits per heavy atom. The van der Waals surface area contributed by atoms with Crippen molar-refractivity contribution in [2.75, 3.05) is 5.32 Å². The van der Waals surface area contributed by atoms with E-state index in [1.54, 1.807) is 18.2 Å². The van der Waals surface area contributed by atoms with Gasteiger partial charge in [0.25, 0.3) is 0 Å². The van der Waals surface area contributed by atoms with E-state index in [2.05, 4.69) is 52.1 Å². The molecule has 0 amide bonds. The van der Waals surface area contributed by atoms with Crippen molar-refractivity contribution >= 4 is 24.7 Å². The molecule has 0 heterocycles. The molecule has 124 valence electrons. The maximum Gasteiger partial charge on any atom is 0.117 e. The Labute approximate surface area is 146 Å². The van der Waals surface area contributed by atoms with Crippen molar-refractivity contribution in [3.63, 3.8) is 0 Å². The highest BCUT2D eigenvalue weighted by Crippen LogP contribution is 2.47. The quantitative estimate of drug-likeness (QED) is 0.794. The van der Waals surface area contributed by atoms with Gasteiger partial charge in [0.2, 0.25) is 0 Å². The van der Waals surface area contributed by atoms with Gasteiger partial charge in [0.05, 0.1) is 0 Å². The van der Waals surface area contributed by atoms with Crippen LogP contribution in [0.4, 0.5) is 11.4 Å². The van der Waals surface area contributed by atoms with Crippen LogP contribution >= 0.6 is 0 Å². The monoisotopic (exact) mass is 319 g/mol. The SMILES string of the molecule is [B]c1ccc(O)cc1Nc1cc2c(cc1C)C(C)(C)CCC2(C)C. The van der Waals surface area contributed by atoms with E-state index in [-0.39, 0.29) is 16.6 Å². The molecule has 0 saturated carbocycles. The van der Waals surface area contributed by atoms with Crippen molar-refractivity contribution in [1.29, 1.82) is 0 Å². The number of rotatable bonds is 2. The molecule has 3 heteroatoms. The number of phenols is 1. The van der Waals surface area contributed by atoms with E-state index in [0.717, 1.165) is 11.4 Å². The molecular formula is C21H26BNO. The first-order valence-electron chi connectivity index (χ1n) is 8.61. The van der Waals surface area contributed by atoms with Crippen molar-refractivity contribution in [2.24, 2.45) is 0 Å². The lowest BCUT2D eigenvalue weighted by Crippen LogP contribution is -2.34. The topological polar surface area (TPSA) is 32.3 Å². The number of hydrogen-bond acceptors (Lipinski definition) is 2. The molecule has 0 atom stereocenters. The van der Waals surface area contributed by atoms with Crippen molar-refractivity contribution in [1.82, 2.24) is 0 Å². The van der Waals surface area contributed by atoms with E-state index in [1.165, 1.54) is 29.5 Å². The molecule has 0 aromatic heterocycles. The first-order chi connectivity index (χ1) is 11.1. The van der Waals surface area contributed by atoms with Gasteiger partial charge in [-0.15, -0.1) is 0 Å². The smallest absolute Gasteiger partial charge is 0.117 e. The zero-order chi connectivity index (χ0) is 17.7.